The number of methoxy groups -OCH3 is 1. The number of hydrogen-bond acceptors (Lipinski definition) is 4. The van der Waals surface area contributed by atoms with Crippen molar-refractivity contribution in [2.45, 2.75) is 45.8 Å². The Kier molecular flexibility index (Phi) is 6.58. The van der Waals surface area contributed by atoms with Gasteiger partial charge in [0, 0.05) is 17.8 Å². The number of benzene rings is 1. The fourth-order valence-corrected chi connectivity index (χ4v) is 2.70. The van der Waals surface area contributed by atoms with Gasteiger partial charge in [-0.15, -0.1) is 0 Å². The first kappa shape index (κ1) is 19.0. The molecule has 0 unspecified atom stereocenters. The van der Waals surface area contributed by atoms with Gasteiger partial charge in [0.15, 0.2) is 0 Å². The van der Waals surface area contributed by atoms with Gasteiger partial charge in [0.2, 0.25) is 5.91 Å². The van der Waals surface area contributed by atoms with Gasteiger partial charge in [-0.3, -0.25) is 9.48 Å². The van der Waals surface area contributed by atoms with Gasteiger partial charge >= 0.3 is 0 Å². The summed E-state index contributed by atoms with van der Waals surface area (Å²) >= 11 is 0. The molecule has 2 N–H and O–H groups in total. The summed E-state index contributed by atoms with van der Waals surface area (Å²) in [6.45, 7) is 8.36. The maximum absolute atomic E-state index is 12.3. The molecule has 0 fully saturated rings. The lowest BCUT2D eigenvalue weighted by Crippen LogP contribution is -2.41. The number of aryl methyl sites for hydroxylation is 1. The number of carbonyl (C=O) groups excluding carboxylic acids is 1. The van der Waals surface area contributed by atoms with Gasteiger partial charge in [-0.2, -0.15) is 5.10 Å². The molecule has 1 aromatic carbocycles. The molecule has 25 heavy (non-hydrogen) atoms. The van der Waals surface area contributed by atoms with E-state index in [2.05, 4.69) is 29.6 Å². The lowest BCUT2D eigenvalue weighted by atomic mass is 10.1. The lowest BCUT2D eigenvalue weighted by molar-refractivity contribution is -0.121. The van der Waals surface area contributed by atoms with Crippen molar-refractivity contribution in [3.05, 3.63) is 47.8 Å². The molecule has 1 amide bonds. The number of nitrogens with zero attached hydrogens (tertiary/aromatic N) is 2. The molecule has 0 radical (unpaired) electrons. The SMILES string of the molecule is COc1ccccc1[C@H](C)NC(=O)CN[C@H](C)[C@@H](C)n1cc(C)cn1. The van der Waals surface area contributed by atoms with E-state index in [9.17, 15) is 4.79 Å². The maximum Gasteiger partial charge on any atom is 0.234 e. The summed E-state index contributed by atoms with van der Waals surface area (Å²) in [5.41, 5.74) is 2.09. The average molecular weight is 344 g/mol. The molecule has 2 aromatic rings. The van der Waals surface area contributed by atoms with Crippen LogP contribution in [0.3, 0.4) is 0 Å². The topological polar surface area (TPSA) is 68.2 Å². The number of rotatable bonds is 8. The predicted octanol–water partition coefficient (Wildman–Crippen LogP) is 2.62. The van der Waals surface area contributed by atoms with Crippen molar-refractivity contribution in [3.8, 4) is 5.75 Å². The van der Waals surface area contributed by atoms with E-state index in [-0.39, 0.29) is 30.6 Å². The van der Waals surface area contributed by atoms with Crippen molar-refractivity contribution >= 4 is 5.91 Å². The number of ether oxygens (including phenoxy) is 1. The quantitative estimate of drug-likeness (QED) is 0.772. The van der Waals surface area contributed by atoms with Crippen LogP contribution < -0.4 is 15.4 Å². The Morgan fingerprint density at radius 2 is 2.00 bits per heavy atom. The third-order valence-corrected chi connectivity index (χ3v) is 4.44. The van der Waals surface area contributed by atoms with Crippen LogP contribution in [0.2, 0.25) is 0 Å². The van der Waals surface area contributed by atoms with Crippen molar-refractivity contribution in [1.82, 2.24) is 20.4 Å². The number of carbonyl (C=O) groups is 1. The van der Waals surface area contributed by atoms with E-state index in [4.69, 9.17) is 4.74 Å². The van der Waals surface area contributed by atoms with Crippen molar-refractivity contribution in [2.75, 3.05) is 13.7 Å². The Labute approximate surface area is 149 Å². The van der Waals surface area contributed by atoms with E-state index in [1.165, 1.54) is 0 Å². The van der Waals surface area contributed by atoms with Gasteiger partial charge in [0.25, 0.3) is 0 Å². The van der Waals surface area contributed by atoms with Crippen molar-refractivity contribution in [3.63, 3.8) is 0 Å². The zero-order chi connectivity index (χ0) is 18.4. The number of para-hydroxylation sites is 1. The minimum atomic E-state index is -0.119. The fourth-order valence-electron chi connectivity index (χ4n) is 2.70. The first-order valence-electron chi connectivity index (χ1n) is 8.58. The fraction of sp³-hybridized carbons (Fsp3) is 0.474. The normalized spacial score (nSPS) is 14.6. The van der Waals surface area contributed by atoms with Crippen LogP contribution in [0.5, 0.6) is 5.75 Å². The molecule has 1 heterocycles. The summed E-state index contributed by atoms with van der Waals surface area (Å²) in [7, 11) is 1.63. The minimum absolute atomic E-state index is 0.0471. The molecule has 0 bridgehead atoms. The molecule has 0 aliphatic heterocycles. The molecule has 1 aromatic heterocycles. The molecule has 0 saturated carbocycles. The Hall–Kier alpha value is -2.34. The highest BCUT2D eigenvalue weighted by atomic mass is 16.5. The number of hydrogen-bond donors (Lipinski definition) is 2. The van der Waals surface area contributed by atoms with Crippen molar-refractivity contribution in [1.29, 1.82) is 0 Å². The molecule has 0 spiro atoms. The highest BCUT2D eigenvalue weighted by molar-refractivity contribution is 5.78. The Morgan fingerprint density at radius 1 is 1.28 bits per heavy atom. The molecule has 136 valence electrons. The van der Waals surface area contributed by atoms with E-state index in [0.29, 0.717) is 0 Å². The van der Waals surface area contributed by atoms with Gasteiger partial charge in [0.1, 0.15) is 5.75 Å². The minimum Gasteiger partial charge on any atom is -0.496 e. The molecule has 2 rings (SSSR count). The van der Waals surface area contributed by atoms with Crippen LogP contribution in [0.15, 0.2) is 36.7 Å². The van der Waals surface area contributed by atoms with Crippen LogP contribution in [-0.2, 0) is 4.79 Å². The molecule has 3 atom stereocenters. The smallest absolute Gasteiger partial charge is 0.234 e. The molecular formula is C19H28N4O2. The van der Waals surface area contributed by atoms with Gasteiger partial charge in [-0.1, -0.05) is 18.2 Å². The average Bonchev–Trinajstić information content (AvgIpc) is 3.05. The molecular weight excluding hydrogens is 316 g/mol. The van der Waals surface area contributed by atoms with Gasteiger partial charge < -0.3 is 15.4 Å². The van der Waals surface area contributed by atoms with Gasteiger partial charge in [-0.05, 0) is 39.3 Å². The lowest BCUT2D eigenvalue weighted by Gasteiger charge is -2.22. The third kappa shape index (κ3) is 5.06. The van der Waals surface area contributed by atoms with Gasteiger partial charge in [0.05, 0.1) is 31.9 Å². The molecule has 6 nitrogen and oxygen atoms in total. The summed E-state index contributed by atoms with van der Waals surface area (Å²) in [5.74, 6) is 0.730. The zero-order valence-electron chi connectivity index (χ0n) is 15.6. The second kappa shape index (κ2) is 8.67. The number of amides is 1. The van der Waals surface area contributed by atoms with Gasteiger partial charge in [-0.25, -0.2) is 0 Å². The molecule has 0 saturated heterocycles. The first-order valence-corrected chi connectivity index (χ1v) is 8.58. The van der Waals surface area contributed by atoms with E-state index in [1.807, 2.05) is 55.2 Å². The second-order valence-electron chi connectivity index (χ2n) is 6.44. The summed E-state index contributed by atoms with van der Waals surface area (Å²) in [4.78, 5) is 12.3. The molecule has 6 heteroatoms. The van der Waals surface area contributed by atoms with Crippen LogP contribution in [0.1, 0.15) is 44.0 Å². The van der Waals surface area contributed by atoms with Crippen LogP contribution in [0, 0.1) is 6.92 Å². The largest absolute Gasteiger partial charge is 0.496 e. The van der Waals surface area contributed by atoms with Crippen LogP contribution in [-0.4, -0.2) is 35.4 Å². The Morgan fingerprint density at radius 3 is 2.64 bits per heavy atom. The third-order valence-electron chi connectivity index (χ3n) is 4.44. The number of aromatic nitrogens is 2. The van der Waals surface area contributed by atoms with E-state index < -0.39 is 0 Å². The monoisotopic (exact) mass is 344 g/mol. The molecule has 0 aliphatic rings. The summed E-state index contributed by atoms with van der Waals surface area (Å²) in [6, 6.07) is 7.87. The highest BCUT2D eigenvalue weighted by Gasteiger charge is 2.17. The second-order valence-corrected chi connectivity index (χ2v) is 6.44. The summed E-state index contributed by atoms with van der Waals surface area (Å²) in [6.07, 6.45) is 3.84. The van der Waals surface area contributed by atoms with Crippen LogP contribution >= 0.6 is 0 Å². The van der Waals surface area contributed by atoms with Crippen molar-refractivity contribution < 1.29 is 9.53 Å². The van der Waals surface area contributed by atoms with E-state index in [1.54, 1.807) is 7.11 Å². The van der Waals surface area contributed by atoms with E-state index >= 15 is 0 Å². The predicted molar refractivity (Wildman–Crippen MR) is 98.7 cm³/mol. The van der Waals surface area contributed by atoms with E-state index in [0.717, 1.165) is 16.9 Å². The van der Waals surface area contributed by atoms with Crippen molar-refractivity contribution in [2.24, 2.45) is 0 Å². The first-order chi connectivity index (χ1) is 11.9. The summed E-state index contributed by atoms with van der Waals surface area (Å²) in [5, 5.41) is 10.6. The standard InChI is InChI=1S/C19H28N4O2/c1-13-10-21-23(12-13)16(4)14(2)20-11-19(24)22-15(3)17-8-6-7-9-18(17)25-5/h6-10,12,14-16,20H,11H2,1-5H3,(H,22,24)/t14-,15+,16-/m1/s1. The maximum atomic E-state index is 12.3. The Bertz CT molecular complexity index is 698. The number of nitrogens with one attached hydrogen (secondary N) is 2. The summed E-state index contributed by atoms with van der Waals surface area (Å²) < 4.78 is 7.27. The highest BCUT2D eigenvalue weighted by Crippen LogP contribution is 2.24. The van der Waals surface area contributed by atoms with Crippen LogP contribution in [0.4, 0.5) is 0 Å². The van der Waals surface area contributed by atoms with Crippen LogP contribution in [0.25, 0.3) is 0 Å². The zero-order valence-corrected chi connectivity index (χ0v) is 15.6. The molecule has 0 aliphatic carbocycles. The Balaban J connectivity index is 1.85.